The summed E-state index contributed by atoms with van der Waals surface area (Å²) >= 11 is 0. The number of unbranched alkanes of at least 4 members (excludes halogenated alkanes) is 7. The average molecular weight is 224 g/mol. The van der Waals surface area contributed by atoms with Crippen LogP contribution in [0.1, 0.15) is 71.6 Å². The molecule has 0 aliphatic rings. The highest BCUT2D eigenvalue weighted by atomic mass is 14.8. The van der Waals surface area contributed by atoms with E-state index >= 15 is 0 Å². The summed E-state index contributed by atoms with van der Waals surface area (Å²) in [6, 6.07) is 2.80. The summed E-state index contributed by atoms with van der Waals surface area (Å²) in [6.07, 6.45) is 11.6. The predicted molar refractivity (Wildman–Crippen MR) is 72.5 cm³/mol. The Bertz CT molecular complexity index is 181. The quantitative estimate of drug-likeness (QED) is 0.358. The average Bonchev–Trinajstić information content (AvgIpc) is 2.31. The molecule has 0 rings (SSSR count). The first-order chi connectivity index (χ1) is 7.91. The Morgan fingerprint density at radius 1 is 0.625 bits per heavy atom. The van der Waals surface area contributed by atoms with Crippen LogP contribution in [0, 0.1) is 0 Å². The molecule has 0 N–H and O–H groups in total. The molecule has 2 nitrogen and oxygen atoms in total. The molecule has 0 aliphatic heterocycles. The fourth-order valence-electron chi connectivity index (χ4n) is 1.56. The second kappa shape index (κ2) is 14.4. The van der Waals surface area contributed by atoms with Gasteiger partial charge < -0.3 is 0 Å². The van der Waals surface area contributed by atoms with Gasteiger partial charge in [0.15, 0.2) is 0 Å². The number of hydrogen-bond acceptors (Lipinski definition) is 2. The molecule has 0 radical (unpaired) electrons. The molecule has 0 spiro atoms. The molecule has 2 heteroatoms. The molecule has 16 heavy (non-hydrogen) atoms. The Morgan fingerprint density at radius 2 is 1.06 bits per heavy atom. The summed E-state index contributed by atoms with van der Waals surface area (Å²) in [5, 5.41) is 0. The van der Waals surface area contributed by atoms with Crippen molar-refractivity contribution in [3.8, 4) is 0 Å². The Balaban J connectivity index is 3.14. The van der Waals surface area contributed by atoms with E-state index in [0.717, 1.165) is 13.1 Å². The maximum atomic E-state index is 4.17. The number of rotatable bonds is 11. The van der Waals surface area contributed by atoms with Crippen molar-refractivity contribution in [3.05, 3.63) is 0 Å². The van der Waals surface area contributed by atoms with Crippen LogP contribution >= 0.6 is 0 Å². The van der Waals surface area contributed by atoms with Crippen LogP contribution in [0.5, 0.6) is 0 Å². The van der Waals surface area contributed by atoms with Crippen molar-refractivity contribution in [2.75, 3.05) is 13.1 Å². The Kier molecular flexibility index (Phi) is 13.8. The maximum Gasteiger partial charge on any atom is 0.0892 e. The molecule has 0 aromatic heterocycles. The van der Waals surface area contributed by atoms with Crippen molar-refractivity contribution >= 4 is 6.01 Å². The third-order valence-corrected chi connectivity index (χ3v) is 2.64. The third kappa shape index (κ3) is 13.4. The van der Waals surface area contributed by atoms with Crippen LogP contribution in [-0.4, -0.2) is 19.1 Å². The van der Waals surface area contributed by atoms with Gasteiger partial charge in [-0.25, -0.2) is 9.98 Å². The summed E-state index contributed by atoms with van der Waals surface area (Å²) in [6.45, 7) is 6.26. The molecule has 0 unspecified atom stereocenters. The molecule has 94 valence electrons. The van der Waals surface area contributed by atoms with Gasteiger partial charge in [-0.1, -0.05) is 58.8 Å². The Morgan fingerprint density at radius 3 is 1.69 bits per heavy atom. The van der Waals surface area contributed by atoms with Gasteiger partial charge in [0.25, 0.3) is 0 Å². The van der Waals surface area contributed by atoms with E-state index in [-0.39, 0.29) is 0 Å². The first-order valence-electron chi connectivity index (χ1n) is 6.99. The second-order valence-electron chi connectivity index (χ2n) is 4.34. The van der Waals surface area contributed by atoms with Crippen LogP contribution in [-0.2, 0) is 0 Å². The zero-order chi connectivity index (χ0) is 11.9. The molecule has 0 amide bonds. The van der Waals surface area contributed by atoms with Gasteiger partial charge in [0.05, 0.1) is 6.01 Å². The third-order valence-electron chi connectivity index (χ3n) is 2.64. The fourth-order valence-corrected chi connectivity index (χ4v) is 1.56. The molecular formula is C14H28N2. The lowest BCUT2D eigenvalue weighted by molar-refractivity contribution is 0.612. The zero-order valence-electron chi connectivity index (χ0n) is 11.2. The summed E-state index contributed by atoms with van der Waals surface area (Å²) in [5.41, 5.74) is 0. The predicted octanol–water partition coefficient (Wildman–Crippen LogP) is 4.71. The molecular weight excluding hydrogens is 196 g/mol. The van der Waals surface area contributed by atoms with E-state index in [1.54, 1.807) is 0 Å². The summed E-state index contributed by atoms with van der Waals surface area (Å²) in [4.78, 5) is 8.31. The van der Waals surface area contributed by atoms with Crippen molar-refractivity contribution in [3.63, 3.8) is 0 Å². The van der Waals surface area contributed by atoms with Gasteiger partial charge in [0.1, 0.15) is 0 Å². The van der Waals surface area contributed by atoms with Crippen LogP contribution in [0.15, 0.2) is 9.98 Å². The zero-order valence-corrected chi connectivity index (χ0v) is 11.2. The normalized spacial score (nSPS) is 9.88. The monoisotopic (exact) mass is 224 g/mol. The highest BCUT2D eigenvalue weighted by molar-refractivity contribution is 5.40. The van der Waals surface area contributed by atoms with E-state index in [1.807, 2.05) is 0 Å². The standard InChI is InChI=1S/C14H28N2/c1-3-5-7-8-9-11-13-16-14-15-12-10-6-4-2/h3-13H2,1-2H3. The van der Waals surface area contributed by atoms with E-state index < -0.39 is 0 Å². The first kappa shape index (κ1) is 15.4. The topological polar surface area (TPSA) is 24.7 Å². The lowest BCUT2D eigenvalue weighted by Gasteiger charge is -1.96. The second-order valence-corrected chi connectivity index (χ2v) is 4.34. The van der Waals surface area contributed by atoms with E-state index in [1.165, 1.54) is 57.8 Å². The minimum absolute atomic E-state index is 0.897. The van der Waals surface area contributed by atoms with Gasteiger partial charge in [-0.3, -0.25) is 0 Å². The van der Waals surface area contributed by atoms with Gasteiger partial charge in [0, 0.05) is 13.1 Å². The molecule has 0 aromatic carbocycles. The Hall–Kier alpha value is -0.620. The van der Waals surface area contributed by atoms with Crippen molar-refractivity contribution in [2.45, 2.75) is 71.6 Å². The van der Waals surface area contributed by atoms with Crippen molar-refractivity contribution in [2.24, 2.45) is 9.98 Å². The molecule has 0 aromatic rings. The number of nitrogens with zero attached hydrogens (tertiary/aromatic N) is 2. The van der Waals surface area contributed by atoms with Crippen LogP contribution in [0.25, 0.3) is 0 Å². The van der Waals surface area contributed by atoms with E-state index in [0.29, 0.717) is 0 Å². The summed E-state index contributed by atoms with van der Waals surface area (Å²) in [5.74, 6) is 0. The summed E-state index contributed by atoms with van der Waals surface area (Å²) < 4.78 is 0. The van der Waals surface area contributed by atoms with Crippen LogP contribution < -0.4 is 0 Å². The lowest BCUT2D eigenvalue weighted by atomic mass is 10.1. The molecule has 0 saturated heterocycles. The van der Waals surface area contributed by atoms with Crippen LogP contribution in [0.2, 0.25) is 0 Å². The van der Waals surface area contributed by atoms with Gasteiger partial charge in [0.2, 0.25) is 0 Å². The molecule has 0 fully saturated rings. The number of aliphatic imine (C=N–C) groups is 2. The van der Waals surface area contributed by atoms with Gasteiger partial charge in [-0.05, 0) is 12.8 Å². The minimum atomic E-state index is 0.897. The van der Waals surface area contributed by atoms with Crippen LogP contribution in [0.3, 0.4) is 0 Å². The van der Waals surface area contributed by atoms with Gasteiger partial charge in [-0.2, -0.15) is 0 Å². The lowest BCUT2D eigenvalue weighted by Crippen LogP contribution is -1.83. The molecule has 0 aliphatic carbocycles. The van der Waals surface area contributed by atoms with Crippen LogP contribution in [0.4, 0.5) is 0 Å². The first-order valence-corrected chi connectivity index (χ1v) is 6.99. The van der Waals surface area contributed by atoms with Crippen molar-refractivity contribution in [1.82, 2.24) is 0 Å². The molecule has 0 atom stereocenters. The smallest absolute Gasteiger partial charge is 0.0892 e. The summed E-state index contributed by atoms with van der Waals surface area (Å²) in [7, 11) is 0. The van der Waals surface area contributed by atoms with Gasteiger partial charge in [-0.15, -0.1) is 0 Å². The SMILES string of the molecule is CCCCCCCCN=C=NCCCCC. The number of hydrogen-bond donors (Lipinski definition) is 0. The van der Waals surface area contributed by atoms with E-state index in [2.05, 4.69) is 29.8 Å². The molecule has 0 saturated carbocycles. The van der Waals surface area contributed by atoms with E-state index in [4.69, 9.17) is 0 Å². The highest BCUT2D eigenvalue weighted by Gasteiger charge is 1.87. The maximum absolute atomic E-state index is 4.17. The molecule has 0 heterocycles. The fraction of sp³-hybridized carbons (Fsp3) is 0.929. The van der Waals surface area contributed by atoms with Crippen molar-refractivity contribution < 1.29 is 0 Å². The Labute approximate surface area is 101 Å². The van der Waals surface area contributed by atoms with Gasteiger partial charge >= 0.3 is 0 Å². The van der Waals surface area contributed by atoms with E-state index in [9.17, 15) is 0 Å². The highest BCUT2D eigenvalue weighted by Crippen LogP contribution is 2.04. The minimum Gasteiger partial charge on any atom is -0.226 e. The largest absolute Gasteiger partial charge is 0.226 e. The van der Waals surface area contributed by atoms with Crippen molar-refractivity contribution in [1.29, 1.82) is 0 Å². The molecule has 0 bridgehead atoms.